The Balaban J connectivity index is 1.71. The Hall–Kier alpha value is -1.82. The molecule has 1 aliphatic heterocycles. The Morgan fingerprint density at radius 1 is 1.41 bits per heavy atom. The van der Waals surface area contributed by atoms with E-state index in [1.165, 1.54) is 12.1 Å². The summed E-state index contributed by atoms with van der Waals surface area (Å²) in [7, 11) is 0. The molecule has 0 spiro atoms. The molecule has 1 aromatic heterocycles. The normalized spacial score (nSPS) is 18.5. The van der Waals surface area contributed by atoms with Crippen LogP contribution in [0, 0.1) is 17.6 Å². The van der Waals surface area contributed by atoms with Crippen LogP contribution in [0.4, 0.5) is 8.78 Å². The lowest BCUT2D eigenvalue weighted by atomic mass is 9.94. The lowest BCUT2D eigenvalue weighted by Gasteiger charge is -2.32. The maximum atomic E-state index is 13.8. The van der Waals surface area contributed by atoms with E-state index < -0.39 is 17.5 Å². The molecule has 0 N–H and O–H groups in total. The fourth-order valence-electron chi connectivity index (χ4n) is 2.86. The summed E-state index contributed by atoms with van der Waals surface area (Å²) in [5.74, 6) is -2.15. The molecular formula is C16H16F2N2OS. The number of thiazole rings is 1. The second kappa shape index (κ2) is 6.52. The molecule has 0 bridgehead atoms. The van der Waals surface area contributed by atoms with Crippen molar-refractivity contribution in [1.82, 2.24) is 9.88 Å². The zero-order chi connectivity index (χ0) is 15.5. The van der Waals surface area contributed by atoms with Gasteiger partial charge in [-0.3, -0.25) is 4.79 Å². The van der Waals surface area contributed by atoms with Crippen LogP contribution in [0.15, 0.2) is 29.8 Å². The van der Waals surface area contributed by atoms with Crippen molar-refractivity contribution in [2.45, 2.75) is 19.3 Å². The summed E-state index contributed by atoms with van der Waals surface area (Å²) < 4.78 is 27.1. The van der Waals surface area contributed by atoms with E-state index in [2.05, 4.69) is 4.98 Å². The predicted octanol–water partition coefficient (Wildman–Crippen LogP) is 3.52. The molecule has 0 unspecified atom stereocenters. The minimum absolute atomic E-state index is 0.185. The summed E-state index contributed by atoms with van der Waals surface area (Å²) >= 11 is 1.60. The fourth-order valence-corrected chi connectivity index (χ4v) is 3.59. The van der Waals surface area contributed by atoms with Gasteiger partial charge in [-0.05, 0) is 30.9 Å². The zero-order valence-electron chi connectivity index (χ0n) is 12.0. The number of piperidine rings is 1. The number of aromatic nitrogens is 1. The monoisotopic (exact) mass is 322 g/mol. The number of benzene rings is 1. The highest BCUT2D eigenvalue weighted by atomic mass is 32.1. The van der Waals surface area contributed by atoms with Crippen LogP contribution in [-0.4, -0.2) is 28.9 Å². The van der Waals surface area contributed by atoms with E-state index >= 15 is 0 Å². The van der Waals surface area contributed by atoms with E-state index in [9.17, 15) is 13.6 Å². The Morgan fingerprint density at radius 3 is 3.05 bits per heavy atom. The number of carbonyl (C=O) groups is 1. The molecule has 3 nitrogen and oxygen atoms in total. The number of carbonyl (C=O) groups excluding carboxylic acids is 1. The van der Waals surface area contributed by atoms with Crippen LogP contribution in [0.2, 0.25) is 0 Å². The van der Waals surface area contributed by atoms with Crippen molar-refractivity contribution in [1.29, 1.82) is 0 Å². The topological polar surface area (TPSA) is 33.2 Å². The van der Waals surface area contributed by atoms with Gasteiger partial charge >= 0.3 is 0 Å². The lowest BCUT2D eigenvalue weighted by Crippen LogP contribution is -2.40. The highest BCUT2D eigenvalue weighted by Gasteiger charge is 2.27. The minimum atomic E-state index is -1.06. The average molecular weight is 322 g/mol. The van der Waals surface area contributed by atoms with Crippen molar-refractivity contribution >= 4 is 17.2 Å². The molecule has 0 radical (unpaired) electrons. The Morgan fingerprint density at radius 2 is 2.27 bits per heavy atom. The summed E-state index contributed by atoms with van der Waals surface area (Å²) in [6.45, 7) is 1.15. The van der Waals surface area contributed by atoms with Crippen LogP contribution < -0.4 is 0 Å². The maximum Gasteiger partial charge on any atom is 0.256 e. The van der Waals surface area contributed by atoms with Crippen molar-refractivity contribution in [2.75, 3.05) is 13.1 Å². The number of hydrogen-bond acceptors (Lipinski definition) is 3. The number of rotatable bonds is 3. The molecule has 6 heteroatoms. The molecule has 0 aliphatic carbocycles. The molecule has 1 fully saturated rings. The van der Waals surface area contributed by atoms with Gasteiger partial charge in [0.05, 0.1) is 10.6 Å². The third-order valence-corrected chi connectivity index (χ3v) is 4.74. The van der Waals surface area contributed by atoms with E-state index in [4.69, 9.17) is 0 Å². The number of nitrogens with zero attached hydrogens (tertiary/aromatic N) is 2. The zero-order valence-corrected chi connectivity index (χ0v) is 12.8. The van der Waals surface area contributed by atoms with Crippen molar-refractivity contribution in [2.24, 2.45) is 5.92 Å². The van der Waals surface area contributed by atoms with Crippen LogP contribution in [-0.2, 0) is 6.42 Å². The van der Waals surface area contributed by atoms with Gasteiger partial charge in [0.25, 0.3) is 5.91 Å². The van der Waals surface area contributed by atoms with Gasteiger partial charge in [0.2, 0.25) is 0 Å². The Bertz CT molecular complexity index is 660. The molecule has 3 rings (SSSR count). The van der Waals surface area contributed by atoms with Gasteiger partial charge in [0, 0.05) is 31.1 Å². The van der Waals surface area contributed by atoms with E-state index in [-0.39, 0.29) is 5.56 Å². The highest BCUT2D eigenvalue weighted by Crippen LogP contribution is 2.24. The molecule has 0 saturated carbocycles. The van der Waals surface area contributed by atoms with Gasteiger partial charge in [-0.25, -0.2) is 13.8 Å². The summed E-state index contributed by atoms with van der Waals surface area (Å²) in [4.78, 5) is 18.3. The second-order valence-electron chi connectivity index (χ2n) is 5.49. The number of hydrogen-bond donors (Lipinski definition) is 0. The van der Waals surface area contributed by atoms with Gasteiger partial charge in [-0.2, -0.15) is 0 Å². The van der Waals surface area contributed by atoms with E-state index in [0.29, 0.717) is 19.0 Å². The van der Waals surface area contributed by atoms with Gasteiger partial charge in [0.1, 0.15) is 0 Å². The van der Waals surface area contributed by atoms with Gasteiger partial charge in [0.15, 0.2) is 11.6 Å². The van der Waals surface area contributed by atoms with Crippen LogP contribution in [0.5, 0.6) is 0 Å². The van der Waals surface area contributed by atoms with Crippen LogP contribution in [0.3, 0.4) is 0 Å². The molecule has 1 aliphatic rings. The third-order valence-electron chi connectivity index (χ3n) is 3.93. The predicted molar refractivity (Wildman–Crippen MR) is 80.8 cm³/mol. The maximum absolute atomic E-state index is 13.8. The number of amides is 1. The van der Waals surface area contributed by atoms with Crippen LogP contribution in [0.1, 0.15) is 28.2 Å². The van der Waals surface area contributed by atoms with Gasteiger partial charge < -0.3 is 4.90 Å². The quantitative estimate of drug-likeness (QED) is 0.866. The Labute approximate surface area is 131 Å². The second-order valence-corrected chi connectivity index (χ2v) is 6.47. The van der Waals surface area contributed by atoms with Crippen molar-refractivity contribution in [3.63, 3.8) is 0 Å². The average Bonchev–Trinajstić information content (AvgIpc) is 3.02. The first kappa shape index (κ1) is 15.1. The SMILES string of the molecule is O=C(c1cccc(F)c1F)N1CCC[C@H](Cc2nccs2)C1. The third kappa shape index (κ3) is 3.16. The standard InChI is InChI=1S/C16H16F2N2OS/c17-13-5-1-4-12(15(13)18)16(21)20-7-2-3-11(10-20)9-14-19-6-8-22-14/h1,4-6,8,11H,2-3,7,9-10H2/t11-/m1/s1. The highest BCUT2D eigenvalue weighted by molar-refractivity contribution is 7.09. The molecule has 2 heterocycles. The molecule has 1 saturated heterocycles. The molecule has 2 aromatic rings. The first-order valence-electron chi connectivity index (χ1n) is 7.27. The molecule has 22 heavy (non-hydrogen) atoms. The largest absolute Gasteiger partial charge is 0.338 e. The van der Waals surface area contributed by atoms with E-state index in [0.717, 1.165) is 30.3 Å². The first-order valence-corrected chi connectivity index (χ1v) is 8.15. The molecule has 1 aromatic carbocycles. The van der Waals surface area contributed by atoms with Crippen LogP contribution in [0.25, 0.3) is 0 Å². The van der Waals surface area contributed by atoms with Gasteiger partial charge in [-0.15, -0.1) is 11.3 Å². The smallest absolute Gasteiger partial charge is 0.256 e. The molecular weight excluding hydrogens is 306 g/mol. The number of halogens is 2. The van der Waals surface area contributed by atoms with Gasteiger partial charge in [-0.1, -0.05) is 6.07 Å². The summed E-state index contributed by atoms with van der Waals surface area (Å²) in [6, 6.07) is 3.72. The Kier molecular flexibility index (Phi) is 4.47. The first-order chi connectivity index (χ1) is 10.6. The van der Waals surface area contributed by atoms with Crippen molar-refractivity contribution < 1.29 is 13.6 Å². The van der Waals surface area contributed by atoms with E-state index in [1.807, 2.05) is 5.38 Å². The van der Waals surface area contributed by atoms with Crippen LogP contribution >= 0.6 is 11.3 Å². The molecule has 116 valence electrons. The fraction of sp³-hybridized carbons (Fsp3) is 0.375. The summed E-state index contributed by atoms with van der Waals surface area (Å²) in [5, 5.41) is 2.99. The minimum Gasteiger partial charge on any atom is -0.338 e. The van der Waals surface area contributed by atoms with E-state index in [1.54, 1.807) is 22.4 Å². The summed E-state index contributed by atoms with van der Waals surface area (Å²) in [6.07, 6.45) is 4.49. The molecule has 1 amide bonds. The molecule has 1 atom stereocenters. The van der Waals surface area contributed by atoms with Crippen molar-refractivity contribution in [3.8, 4) is 0 Å². The number of likely N-dealkylation sites (tertiary alicyclic amines) is 1. The summed E-state index contributed by atoms with van der Waals surface area (Å²) in [5.41, 5.74) is -0.185. The van der Waals surface area contributed by atoms with Crippen molar-refractivity contribution in [3.05, 3.63) is 52.0 Å². The lowest BCUT2D eigenvalue weighted by molar-refractivity contribution is 0.0667.